The third-order valence-corrected chi connectivity index (χ3v) is 12.7. The molecule has 0 atom stereocenters. The summed E-state index contributed by atoms with van der Waals surface area (Å²) >= 11 is 0. The van der Waals surface area contributed by atoms with E-state index in [4.69, 9.17) is 4.74 Å². The molecule has 0 aromatic heterocycles. The molecule has 0 saturated heterocycles. The van der Waals surface area contributed by atoms with Crippen LogP contribution in [0.3, 0.4) is 0 Å². The standard InChI is InChI=1S/C29H37OSi2/c1-19-18-24(26(30-5)25(29(2,3)4)27(19)31(6)7)32(8,9)28-22-16-12-10-14-20(22)21-15-11-13-17-23(21)28/h10-18,28H,1-9H3. The molecule has 0 amide bonds. The lowest BCUT2D eigenvalue weighted by atomic mass is 9.85. The van der Waals surface area contributed by atoms with E-state index < -0.39 is 16.9 Å². The average Bonchev–Trinajstić information content (AvgIpc) is 3.07. The van der Waals surface area contributed by atoms with Crippen molar-refractivity contribution in [2.45, 2.75) is 64.8 Å². The Morgan fingerprint density at radius 3 is 1.81 bits per heavy atom. The highest BCUT2D eigenvalue weighted by molar-refractivity contribution is 6.92. The fraction of sp³-hybridized carbons (Fsp3) is 0.379. The van der Waals surface area contributed by atoms with E-state index in [2.05, 4.69) is 108 Å². The summed E-state index contributed by atoms with van der Waals surface area (Å²) in [5, 5.41) is 3.02. The number of methoxy groups -OCH3 is 1. The second-order valence-corrected chi connectivity index (χ2v) is 18.2. The average molecular weight is 458 g/mol. The normalized spacial score (nSPS) is 13.9. The van der Waals surface area contributed by atoms with Gasteiger partial charge in [-0.1, -0.05) is 112 Å². The molecule has 0 fully saturated rings. The summed E-state index contributed by atoms with van der Waals surface area (Å²) in [4.78, 5) is 0. The number of fused-ring (bicyclic) bond motifs is 3. The summed E-state index contributed by atoms with van der Waals surface area (Å²) in [6.45, 7) is 19.3. The van der Waals surface area contributed by atoms with Crippen molar-refractivity contribution in [1.29, 1.82) is 0 Å². The highest BCUT2D eigenvalue weighted by Gasteiger charge is 2.44. The molecular formula is C29H37OSi2. The van der Waals surface area contributed by atoms with E-state index in [0.29, 0.717) is 5.54 Å². The smallest absolute Gasteiger partial charge is 0.121 e. The van der Waals surface area contributed by atoms with Crippen LogP contribution in [0.1, 0.15) is 48.6 Å². The molecule has 0 spiro atoms. The predicted octanol–water partition coefficient (Wildman–Crippen LogP) is 6.53. The summed E-state index contributed by atoms with van der Waals surface area (Å²) in [6.07, 6.45) is 0. The van der Waals surface area contributed by atoms with Gasteiger partial charge in [-0.25, -0.2) is 0 Å². The third-order valence-electron chi connectivity index (χ3n) is 7.18. The monoisotopic (exact) mass is 457 g/mol. The highest BCUT2D eigenvalue weighted by Crippen LogP contribution is 2.49. The summed E-state index contributed by atoms with van der Waals surface area (Å²) in [7, 11) is -0.774. The van der Waals surface area contributed by atoms with Crippen LogP contribution in [0.5, 0.6) is 5.75 Å². The Bertz CT molecular complexity index is 1120. The van der Waals surface area contributed by atoms with Crippen LogP contribution in [0, 0.1) is 6.92 Å². The van der Waals surface area contributed by atoms with E-state index in [9.17, 15) is 0 Å². The van der Waals surface area contributed by atoms with E-state index in [1.54, 1.807) is 5.19 Å². The van der Waals surface area contributed by atoms with E-state index >= 15 is 0 Å². The van der Waals surface area contributed by atoms with Gasteiger partial charge < -0.3 is 4.74 Å². The van der Waals surface area contributed by atoms with Gasteiger partial charge >= 0.3 is 0 Å². The van der Waals surface area contributed by atoms with Crippen molar-refractivity contribution in [1.82, 2.24) is 0 Å². The van der Waals surface area contributed by atoms with Gasteiger partial charge in [-0.15, -0.1) is 0 Å². The Morgan fingerprint density at radius 1 is 0.875 bits per heavy atom. The lowest BCUT2D eigenvalue weighted by Gasteiger charge is -2.37. The molecule has 4 rings (SSSR count). The molecule has 1 radical (unpaired) electrons. The first kappa shape index (κ1) is 23.1. The van der Waals surface area contributed by atoms with Crippen LogP contribution in [0.2, 0.25) is 26.2 Å². The molecule has 0 saturated carbocycles. The van der Waals surface area contributed by atoms with Gasteiger partial charge in [0.1, 0.15) is 5.75 Å². The molecule has 32 heavy (non-hydrogen) atoms. The maximum atomic E-state index is 6.32. The Kier molecular flexibility index (Phi) is 5.79. The minimum atomic E-state index is -2.03. The van der Waals surface area contributed by atoms with Crippen molar-refractivity contribution in [2.75, 3.05) is 7.11 Å². The van der Waals surface area contributed by atoms with Crippen LogP contribution in [0.15, 0.2) is 54.6 Å². The second kappa shape index (κ2) is 8.04. The van der Waals surface area contributed by atoms with Crippen molar-refractivity contribution >= 4 is 27.2 Å². The van der Waals surface area contributed by atoms with Gasteiger partial charge in [0.2, 0.25) is 0 Å². The minimum Gasteiger partial charge on any atom is -0.497 e. The van der Waals surface area contributed by atoms with Gasteiger partial charge in [0.25, 0.3) is 0 Å². The number of aryl methyl sites for hydroxylation is 1. The van der Waals surface area contributed by atoms with Gasteiger partial charge in [-0.2, -0.15) is 0 Å². The van der Waals surface area contributed by atoms with Gasteiger partial charge in [0, 0.05) is 5.54 Å². The Balaban J connectivity index is 2.03. The molecule has 0 aliphatic heterocycles. The number of ether oxygens (including phenoxy) is 1. The van der Waals surface area contributed by atoms with Crippen molar-refractivity contribution in [3.8, 4) is 16.9 Å². The van der Waals surface area contributed by atoms with E-state index in [1.807, 2.05) is 7.11 Å². The SMILES string of the molecule is COc1c([Si](C)(C)C2c3ccccc3-c3ccccc32)cc(C)c([Si](C)C)c1C(C)(C)C. The summed E-state index contributed by atoms with van der Waals surface area (Å²) < 4.78 is 6.32. The first-order valence-electron chi connectivity index (χ1n) is 11.7. The van der Waals surface area contributed by atoms with Crippen LogP contribution < -0.4 is 15.1 Å². The number of rotatable bonds is 4. The predicted molar refractivity (Wildman–Crippen MR) is 144 cm³/mol. The fourth-order valence-electron chi connectivity index (χ4n) is 5.94. The first-order chi connectivity index (χ1) is 15.0. The van der Waals surface area contributed by atoms with E-state index in [-0.39, 0.29) is 5.41 Å². The van der Waals surface area contributed by atoms with Crippen molar-refractivity contribution in [2.24, 2.45) is 0 Å². The quantitative estimate of drug-likeness (QED) is 0.405. The van der Waals surface area contributed by atoms with Crippen LogP contribution in [0.4, 0.5) is 0 Å². The fourth-order valence-corrected chi connectivity index (χ4v) is 11.6. The van der Waals surface area contributed by atoms with E-state index in [1.165, 1.54) is 38.6 Å². The minimum absolute atomic E-state index is 0.0410. The topological polar surface area (TPSA) is 9.23 Å². The molecule has 0 unspecified atom stereocenters. The zero-order chi connectivity index (χ0) is 23.4. The number of hydrogen-bond acceptors (Lipinski definition) is 1. The highest BCUT2D eigenvalue weighted by atomic mass is 28.3. The van der Waals surface area contributed by atoms with Crippen molar-refractivity contribution in [3.05, 3.63) is 76.9 Å². The molecule has 0 bridgehead atoms. The molecule has 3 heteroatoms. The van der Waals surface area contributed by atoms with Crippen molar-refractivity contribution < 1.29 is 4.74 Å². The zero-order valence-electron chi connectivity index (χ0n) is 21.2. The van der Waals surface area contributed by atoms with Gasteiger partial charge in [-0.05, 0) is 45.3 Å². The molecule has 1 aliphatic rings. The molecule has 1 nitrogen and oxygen atoms in total. The molecule has 3 aromatic rings. The molecular weight excluding hydrogens is 420 g/mol. The van der Waals surface area contributed by atoms with E-state index in [0.717, 1.165) is 5.75 Å². The maximum absolute atomic E-state index is 6.32. The largest absolute Gasteiger partial charge is 0.497 e. The van der Waals surface area contributed by atoms with Crippen LogP contribution in [-0.4, -0.2) is 24.0 Å². The zero-order valence-corrected chi connectivity index (χ0v) is 23.2. The summed E-state index contributed by atoms with van der Waals surface area (Å²) in [5.41, 5.74) is 9.15. The molecule has 3 aromatic carbocycles. The van der Waals surface area contributed by atoms with Crippen molar-refractivity contribution in [3.63, 3.8) is 0 Å². The van der Waals surface area contributed by atoms with Crippen LogP contribution >= 0.6 is 0 Å². The number of benzene rings is 3. The molecule has 0 N–H and O–H groups in total. The maximum Gasteiger partial charge on any atom is 0.121 e. The number of hydrogen-bond donors (Lipinski definition) is 0. The summed E-state index contributed by atoms with van der Waals surface area (Å²) in [6, 6.07) is 20.6. The van der Waals surface area contributed by atoms with Gasteiger partial charge in [0.05, 0.1) is 24.0 Å². The lowest BCUT2D eigenvalue weighted by molar-refractivity contribution is 0.401. The Hall–Kier alpha value is -2.11. The Labute approximate surface area is 197 Å². The van der Waals surface area contributed by atoms with Gasteiger partial charge in [-0.3, -0.25) is 0 Å². The van der Waals surface area contributed by atoms with Gasteiger partial charge in [0.15, 0.2) is 0 Å². The summed E-state index contributed by atoms with van der Waals surface area (Å²) in [5.74, 6) is 1.16. The molecule has 1 aliphatic carbocycles. The Morgan fingerprint density at radius 2 is 1.38 bits per heavy atom. The third kappa shape index (κ3) is 3.50. The van der Waals surface area contributed by atoms with Crippen LogP contribution in [0.25, 0.3) is 11.1 Å². The lowest BCUT2D eigenvalue weighted by Crippen LogP contribution is -2.51. The first-order valence-corrected chi connectivity index (χ1v) is 17.3. The molecule has 0 heterocycles. The molecule has 167 valence electrons. The van der Waals surface area contributed by atoms with Crippen LogP contribution in [-0.2, 0) is 5.41 Å². The second-order valence-electron chi connectivity index (χ2n) is 11.1.